The molecule has 2 N–H and O–H groups in total. The van der Waals surface area contributed by atoms with Gasteiger partial charge in [0.15, 0.2) is 0 Å². The lowest BCUT2D eigenvalue weighted by Gasteiger charge is -2.15. The van der Waals surface area contributed by atoms with Crippen molar-refractivity contribution in [3.63, 3.8) is 0 Å². The molecule has 1 unspecified atom stereocenters. The van der Waals surface area contributed by atoms with E-state index in [0.717, 1.165) is 0 Å². The van der Waals surface area contributed by atoms with E-state index in [0.29, 0.717) is 27.7 Å². The molecule has 1 aliphatic rings. The summed E-state index contributed by atoms with van der Waals surface area (Å²) in [5.74, 6) is 0.444. The molecule has 8 heteroatoms. The molecule has 0 bridgehead atoms. The first-order valence-electron chi connectivity index (χ1n) is 6.78. The van der Waals surface area contributed by atoms with Gasteiger partial charge in [-0.3, -0.25) is 4.72 Å². The first-order valence-corrected chi connectivity index (χ1v) is 8.64. The molecule has 0 saturated heterocycles. The summed E-state index contributed by atoms with van der Waals surface area (Å²) in [5, 5.41) is 10.1. The number of nitrogens with one attached hydrogen (secondary N) is 1. The topological polar surface area (TPSA) is 78.9 Å². The zero-order valence-electron chi connectivity index (χ0n) is 12.4. The Morgan fingerprint density at radius 3 is 2.74 bits per heavy atom. The third-order valence-electron chi connectivity index (χ3n) is 3.57. The average Bonchev–Trinajstić information content (AvgIpc) is 2.72. The van der Waals surface area contributed by atoms with Gasteiger partial charge in [-0.1, -0.05) is 17.7 Å². The summed E-state index contributed by atoms with van der Waals surface area (Å²) >= 11 is 5.88. The monoisotopic (exact) mass is 354 g/mol. The molecule has 0 aromatic heterocycles. The second kappa shape index (κ2) is 5.59. The van der Waals surface area contributed by atoms with Crippen LogP contribution in [0.15, 0.2) is 41.3 Å². The Kier molecular flexibility index (Phi) is 3.87. The number of aliphatic hydroxyl groups excluding tert-OH is 1. The molecule has 2 aromatic carbocycles. The van der Waals surface area contributed by atoms with Crippen LogP contribution in [-0.4, -0.2) is 27.0 Å². The lowest BCUT2D eigenvalue weighted by atomic mass is 10.2. The largest absolute Gasteiger partial charge is 0.445 e. The molecule has 122 valence electrons. The van der Waals surface area contributed by atoms with Crippen molar-refractivity contribution in [1.82, 2.24) is 0 Å². The summed E-state index contributed by atoms with van der Waals surface area (Å²) in [5.41, 5.74) is 1.40. The number of hydrogen-bond acceptors (Lipinski definition) is 5. The van der Waals surface area contributed by atoms with Crippen molar-refractivity contribution < 1.29 is 18.3 Å². The van der Waals surface area contributed by atoms with Crippen molar-refractivity contribution in [2.24, 2.45) is 0 Å². The van der Waals surface area contributed by atoms with Crippen LogP contribution < -0.4 is 14.4 Å². The standard InChI is InChI=1S/C15H15ClN2O4S/c1-9-6-13-12(18(2)15(19)22-13)8-14(9)23(20,21)17-11-5-3-4-10(16)7-11/h3-8,15,17,19H,1-2H3. The third kappa shape index (κ3) is 2.95. The Bertz CT molecular complexity index is 870. The van der Waals surface area contributed by atoms with Gasteiger partial charge in [0.1, 0.15) is 5.75 Å². The van der Waals surface area contributed by atoms with Crippen molar-refractivity contribution in [3.8, 4) is 5.75 Å². The van der Waals surface area contributed by atoms with Crippen LogP contribution in [0.4, 0.5) is 11.4 Å². The van der Waals surface area contributed by atoms with E-state index in [2.05, 4.69) is 4.72 Å². The van der Waals surface area contributed by atoms with E-state index in [1.54, 1.807) is 38.2 Å². The molecule has 0 radical (unpaired) electrons. The first-order chi connectivity index (χ1) is 10.8. The fourth-order valence-corrected chi connectivity index (χ4v) is 3.87. The number of fused-ring (bicyclic) bond motifs is 1. The first kappa shape index (κ1) is 15.9. The SMILES string of the molecule is Cc1cc2c(cc1S(=O)(=O)Nc1cccc(Cl)c1)N(C)C(O)O2. The van der Waals surface area contributed by atoms with Gasteiger partial charge < -0.3 is 14.7 Å². The molecular formula is C15H15ClN2O4S. The Balaban J connectivity index is 2.01. The number of aliphatic hydroxyl groups is 1. The third-order valence-corrected chi connectivity index (χ3v) is 5.32. The molecule has 0 spiro atoms. The van der Waals surface area contributed by atoms with Gasteiger partial charge in [0, 0.05) is 12.1 Å². The molecule has 1 heterocycles. The zero-order valence-corrected chi connectivity index (χ0v) is 14.0. The molecule has 0 aliphatic carbocycles. The van der Waals surface area contributed by atoms with E-state index >= 15 is 0 Å². The molecule has 1 aliphatic heterocycles. The molecule has 3 rings (SSSR count). The van der Waals surface area contributed by atoms with Crippen LogP contribution in [0.5, 0.6) is 5.75 Å². The number of hydrogen-bond donors (Lipinski definition) is 2. The lowest BCUT2D eigenvalue weighted by molar-refractivity contribution is 0.000965. The highest BCUT2D eigenvalue weighted by Crippen LogP contribution is 2.39. The van der Waals surface area contributed by atoms with Crippen LogP contribution >= 0.6 is 11.6 Å². The van der Waals surface area contributed by atoms with E-state index in [1.165, 1.54) is 17.0 Å². The van der Waals surface area contributed by atoms with Crippen LogP contribution in [0.2, 0.25) is 5.02 Å². The summed E-state index contributed by atoms with van der Waals surface area (Å²) < 4.78 is 33.0. The highest BCUT2D eigenvalue weighted by molar-refractivity contribution is 7.92. The summed E-state index contributed by atoms with van der Waals surface area (Å²) in [4.78, 5) is 1.56. The van der Waals surface area contributed by atoms with Gasteiger partial charge in [-0.25, -0.2) is 8.42 Å². The smallest absolute Gasteiger partial charge is 0.281 e. The van der Waals surface area contributed by atoms with Gasteiger partial charge in [-0.05, 0) is 42.8 Å². The molecule has 1 atom stereocenters. The van der Waals surface area contributed by atoms with Gasteiger partial charge in [-0.15, -0.1) is 0 Å². The number of sulfonamides is 1. The number of anilines is 2. The Hall–Kier alpha value is -1.96. The van der Waals surface area contributed by atoms with E-state index < -0.39 is 16.4 Å². The highest BCUT2D eigenvalue weighted by atomic mass is 35.5. The zero-order chi connectivity index (χ0) is 16.8. The van der Waals surface area contributed by atoms with E-state index in [1.807, 2.05) is 0 Å². The van der Waals surface area contributed by atoms with Gasteiger partial charge in [0.05, 0.1) is 16.3 Å². The summed E-state index contributed by atoms with van der Waals surface area (Å²) in [6.07, 6.45) is -1.12. The molecule has 23 heavy (non-hydrogen) atoms. The summed E-state index contributed by atoms with van der Waals surface area (Å²) in [7, 11) is -2.18. The molecule has 2 aromatic rings. The second-order valence-corrected chi connectivity index (χ2v) is 7.34. The molecule has 0 saturated carbocycles. The normalized spacial score (nSPS) is 16.9. The minimum absolute atomic E-state index is 0.112. The molecular weight excluding hydrogens is 340 g/mol. The van der Waals surface area contributed by atoms with Crippen molar-refractivity contribution in [1.29, 1.82) is 0 Å². The van der Waals surface area contributed by atoms with E-state index in [4.69, 9.17) is 16.3 Å². The average molecular weight is 355 g/mol. The Morgan fingerprint density at radius 2 is 2.04 bits per heavy atom. The minimum atomic E-state index is -3.80. The van der Waals surface area contributed by atoms with Gasteiger partial charge in [-0.2, -0.15) is 0 Å². The minimum Gasteiger partial charge on any atom is -0.445 e. The molecule has 6 nitrogen and oxygen atoms in total. The van der Waals surface area contributed by atoms with Crippen LogP contribution in [0.25, 0.3) is 0 Å². The van der Waals surface area contributed by atoms with Crippen LogP contribution in [-0.2, 0) is 10.0 Å². The van der Waals surface area contributed by atoms with Crippen molar-refractivity contribution in [3.05, 3.63) is 47.0 Å². The number of halogens is 1. The number of aryl methyl sites for hydroxylation is 1. The van der Waals surface area contributed by atoms with Crippen LogP contribution in [0, 0.1) is 6.92 Å². The predicted molar refractivity (Wildman–Crippen MR) is 88.5 cm³/mol. The number of rotatable bonds is 3. The highest BCUT2D eigenvalue weighted by Gasteiger charge is 2.29. The lowest BCUT2D eigenvalue weighted by Crippen LogP contribution is -2.30. The fraction of sp³-hybridized carbons (Fsp3) is 0.200. The number of nitrogens with zero attached hydrogens (tertiary/aromatic N) is 1. The maximum atomic E-state index is 12.6. The van der Waals surface area contributed by atoms with Crippen molar-refractivity contribution in [2.45, 2.75) is 18.2 Å². The van der Waals surface area contributed by atoms with Gasteiger partial charge >= 0.3 is 0 Å². The van der Waals surface area contributed by atoms with Gasteiger partial charge in [0.2, 0.25) is 0 Å². The summed E-state index contributed by atoms with van der Waals surface area (Å²) in [6, 6.07) is 9.54. The quantitative estimate of drug-likeness (QED) is 0.885. The van der Waals surface area contributed by atoms with Gasteiger partial charge in [0.25, 0.3) is 16.4 Å². The Morgan fingerprint density at radius 1 is 1.30 bits per heavy atom. The molecule has 0 fully saturated rings. The number of benzene rings is 2. The molecule has 0 amide bonds. The summed E-state index contributed by atoms with van der Waals surface area (Å²) in [6.45, 7) is 1.67. The maximum Gasteiger partial charge on any atom is 0.281 e. The van der Waals surface area contributed by atoms with Crippen LogP contribution in [0.3, 0.4) is 0 Å². The van der Waals surface area contributed by atoms with Crippen LogP contribution in [0.1, 0.15) is 5.56 Å². The fourth-order valence-electron chi connectivity index (χ4n) is 2.38. The predicted octanol–water partition coefficient (Wildman–Crippen LogP) is 2.55. The number of ether oxygens (including phenoxy) is 1. The van der Waals surface area contributed by atoms with Crippen molar-refractivity contribution >= 4 is 33.0 Å². The van der Waals surface area contributed by atoms with E-state index in [9.17, 15) is 13.5 Å². The van der Waals surface area contributed by atoms with Crippen molar-refractivity contribution in [2.75, 3.05) is 16.7 Å². The Labute approximate surface area is 139 Å². The van der Waals surface area contributed by atoms with E-state index in [-0.39, 0.29) is 4.90 Å². The second-order valence-electron chi connectivity index (χ2n) is 5.26. The maximum absolute atomic E-state index is 12.6.